The summed E-state index contributed by atoms with van der Waals surface area (Å²) in [6, 6.07) is 10.8. The third kappa shape index (κ3) is 4.63. The highest BCUT2D eigenvalue weighted by Gasteiger charge is 2.56. The van der Waals surface area contributed by atoms with Crippen molar-refractivity contribution in [1.82, 2.24) is 9.97 Å². The molecule has 0 radical (unpaired) electrons. The van der Waals surface area contributed by atoms with Gasteiger partial charge in [0, 0.05) is 29.3 Å². The third-order valence-electron chi connectivity index (χ3n) is 6.01. The summed E-state index contributed by atoms with van der Waals surface area (Å²) in [6.45, 7) is 3.40. The summed E-state index contributed by atoms with van der Waals surface area (Å²) in [5, 5.41) is 15.7. The number of hydrogen-bond acceptors (Lipinski definition) is 4. The van der Waals surface area contributed by atoms with Gasteiger partial charge in [0.2, 0.25) is 0 Å². The zero-order chi connectivity index (χ0) is 23.9. The monoisotopic (exact) mass is 474 g/mol. The number of thiophene rings is 1. The summed E-state index contributed by atoms with van der Waals surface area (Å²) >= 11 is 1.55. The SMILES string of the molecule is COc1ccc(-c2ccsc2)cc1C(C)(C)CC(O)(Cc1cc2ccncc2[nH]1)C(F)(F)F. The van der Waals surface area contributed by atoms with E-state index in [1.54, 1.807) is 55.8 Å². The lowest BCUT2D eigenvalue weighted by Gasteiger charge is -2.38. The molecular formula is C25H25F3N2O2S. The summed E-state index contributed by atoms with van der Waals surface area (Å²) in [6.07, 6.45) is -2.85. The van der Waals surface area contributed by atoms with E-state index < -0.39 is 30.0 Å². The van der Waals surface area contributed by atoms with E-state index in [9.17, 15) is 18.3 Å². The van der Waals surface area contributed by atoms with Crippen LogP contribution in [0.2, 0.25) is 0 Å². The van der Waals surface area contributed by atoms with Crippen LogP contribution in [0.5, 0.6) is 5.75 Å². The Labute approximate surface area is 194 Å². The van der Waals surface area contributed by atoms with Crippen LogP contribution < -0.4 is 4.74 Å². The first-order valence-corrected chi connectivity index (χ1v) is 11.4. The Balaban J connectivity index is 1.72. The number of hydrogen-bond donors (Lipinski definition) is 2. The molecule has 4 aromatic rings. The highest BCUT2D eigenvalue weighted by Crippen LogP contribution is 2.46. The largest absolute Gasteiger partial charge is 0.496 e. The van der Waals surface area contributed by atoms with Crippen LogP contribution in [0.15, 0.2) is 59.6 Å². The van der Waals surface area contributed by atoms with Crippen LogP contribution >= 0.6 is 11.3 Å². The van der Waals surface area contributed by atoms with Gasteiger partial charge in [-0.05, 0) is 64.1 Å². The zero-order valence-corrected chi connectivity index (χ0v) is 19.3. The van der Waals surface area contributed by atoms with Crippen LogP contribution in [-0.4, -0.2) is 34.0 Å². The second-order valence-corrected chi connectivity index (χ2v) is 9.73. The van der Waals surface area contributed by atoms with Crippen molar-refractivity contribution in [3.63, 3.8) is 0 Å². The van der Waals surface area contributed by atoms with Crippen molar-refractivity contribution in [1.29, 1.82) is 0 Å². The number of aromatic amines is 1. The van der Waals surface area contributed by atoms with Gasteiger partial charge < -0.3 is 14.8 Å². The molecule has 3 heterocycles. The fraction of sp³-hybridized carbons (Fsp3) is 0.320. The number of rotatable bonds is 7. The number of alkyl halides is 3. The first kappa shape index (κ1) is 23.3. The van der Waals surface area contributed by atoms with Crippen molar-refractivity contribution in [3.05, 3.63) is 70.8 Å². The Hall–Kier alpha value is -2.84. The number of ether oxygens (including phenoxy) is 1. The van der Waals surface area contributed by atoms with E-state index in [0.717, 1.165) is 16.5 Å². The number of methoxy groups -OCH3 is 1. The van der Waals surface area contributed by atoms with Crippen molar-refractivity contribution in [3.8, 4) is 16.9 Å². The van der Waals surface area contributed by atoms with Crippen LogP contribution in [0.25, 0.3) is 22.0 Å². The fourth-order valence-electron chi connectivity index (χ4n) is 4.38. The van der Waals surface area contributed by atoms with E-state index in [1.807, 2.05) is 29.0 Å². The number of fused-ring (bicyclic) bond motifs is 1. The van der Waals surface area contributed by atoms with E-state index in [-0.39, 0.29) is 0 Å². The number of pyridine rings is 1. The molecule has 0 aliphatic heterocycles. The summed E-state index contributed by atoms with van der Waals surface area (Å²) in [5.74, 6) is 0.486. The number of aliphatic hydroxyl groups is 1. The van der Waals surface area contributed by atoms with Crippen LogP contribution in [0.4, 0.5) is 13.2 Å². The Morgan fingerprint density at radius 3 is 2.52 bits per heavy atom. The van der Waals surface area contributed by atoms with Gasteiger partial charge in [0.25, 0.3) is 0 Å². The molecule has 1 atom stereocenters. The van der Waals surface area contributed by atoms with Crippen molar-refractivity contribution < 1.29 is 23.0 Å². The number of H-pyrrole nitrogens is 1. The summed E-state index contributed by atoms with van der Waals surface area (Å²) < 4.78 is 48.3. The van der Waals surface area contributed by atoms with E-state index >= 15 is 0 Å². The smallest absolute Gasteiger partial charge is 0.417 e. The number of aromatic nitrogens is 2. The fourth-order valence-corrected chi connectivity index (χ4v) is 5.04. The molecule has 0 spiro atoms. The van der Waals surface area contributed by atoms with E-state index in [4.69, 9.17) is 4.74 Å². The lowest BCUT2D eigenvalue weighted by molar-refractivity contribution is -0.266. The van der Waals surface area contributed by atoms with Gasteiger partial charge in [0.1, 0.15) is 5.75 Å². The maximum atomic E-state index is 14.3. The average molecular weight is 475 g/mol. The highest BCUT2D eigenvalue weighted by atomic mass is 32.1. The van der Waals surface area contributed by atoms with Gasteiger partial charge in [-0.15, -0.1) is 0 Å². The maximum Gasteiger partial charge on any atom is 0.417 e. The average Bonchev–Trinajstić information content (AvgIpc) is 3.41. The Morgan fingerprint density at radius 2 is 1.88 bits per heavy atom. The molecule has 33 heavy (non-hydrogen) atoms. The molecule has 0 bridgehead atoms. The Morgan fingerprint density at radius 1 is 1.09 bits per heavy atom. The van der Waals surface area contributed by atoms with Gasteiger partial charge in [-0.2, -0.15) is 24.5 Å². The summed E-state index contributed by atoms with van der Waals surface area (Å²) in [4.78, 5) is 6.94. The van der Waals surface area contributed by atoms with Crippen LogP contribution in [0.3, 0.4) is 0 Å². The molecule has 0 fully saturated rings. The topological polar surface area (TPSA) is 58.1 Å². The third-order valence-corrected chi connectivity index (χ3v) is 6.69. The lowest BCUT2D eigenvalue weighted by Crippen LogP contribution is -2.51. The number of nitrogens with one attached hydrogen (secondary N) is 1. The van der Waals surface area contributed by atoms with Gasteiger partial charge in [-0.3, -0.25) is 4.98 Å². The van der Waals surface area contributed by atoms with Crippen molar-refractivity contribution in [2.24, 2.45) is 0 Å². The van der Waals surface area contributed by atoms with Gasteiger partial charge >= 0.3 is 6.18 Å². The lowest BCUT2D eigenvalue weighted by atomic mass is 9.72. The predicted octanol–water partition coefficient (Wildman–Crippen LogP) is 6.50. The van der Waals surface area contributed by atoms with Gasteiger partial charge in [-0.1, -0.05) is 19.9 Å². The first-order chi connectivity index (χ1) is 15.5. The first-order valence-electron chi connectivity index (χ1n) is 10.4. The molecule has 4 rings (SSSR count). The summed E-state index contributed by atoms with van der Waals surface area (Å²) in [5.41, 5.74) is -0.592. The molecule has 0 saturated heterocycles. The van der Waals surface area contributed by atoms with Crippen LogP contribution in [0, 0.1) is 0 Å². The van der Waals surface area contributed by atoms with Crippen molar-refractivity contribution in [2.75, 3.05) is 7.11 Å². The van der Waals surface area contributed by atoms with Gasteiger partial charge in [-0.25, -0.2) is 0 Å². The predicted molar refractivity (Wildman–Crippen MR) is 125 cm³/mol. The molecule has 2 N–H and O–H groups in total. The minimum atomic E-state index is -4.84. The molecule has 0 aliphatic carbocycles. The van der Waals surface area contributed by atoms with Gasteiger partial charge in [0.05, 0.1) is 18.8 Å². The zero-order valence-electron chi connectivity index (χ0n) is 18.5. The Bertz CT molecular complexity index is 1220. The Kier molecular flexibility index (Phi) is 6.01. The molecule has 8 heteroatoms. The van der Waals surface area contributed by atoms with E-state index in [1.165, 1.54) is 7.11 Å². The van der Waals surface area contributed by atoms with E-state index in [2.05, 4.69) is 9.97 Å². The highest BCUT2D eigenvalue weighted by molar-refractivity contribution is 7.08. The molecule has 0 aliphatic rings. The molecule has 174 valence electrons. The minimum absolute atomic E-state index is 0.299. The quantitative estimate of drug-likeness (QED) is 0.321. The molecule has 1 unspecified atom stereocenters. The molecule has 4 nitrogen and oxygen atoms in total. The summed E-state index contributed by atoms with van der Waals surface area (Å²) in [7, 11) is 1.49. The number of halogens is 3. The van der Waals surface area contributed by atoms with E-state index in [0.29, 0.717) is 22.5 Å². The molecule has 1 aromatic carbocycles. The van der Waals surface area contributed by atoms with Crippen LogP contribution in [0.1, 0.15) is 31.5 Å². The normalized spacial score (nSPS) is 14.4. The molecule has 0 amide bonds. The molecular weight excluding hydrogens is 449 g/mol. The maximum absolute atomic E-state index is 14.3. The second-order valence-electron chi connectivity index (χ2n) is 8.95. The van der Waals surface area contributed by atoms with Crippen molar-refractivity contribution >= 4 is 22.2 Å². The second kappa shape index (κ2) is 8.50. The minimum Gasteiger partial charge on any atom is -0.496 e. The van der Waals surface area contributed by atoms with Crippen LogP contribution in [-0.2, 0) is 11.8 Å². The number of benzene rings is 1. The molecule has 3 aromatic heterocycles. The standard InChI is InChI=1S/C25H25F3N2O2S/c1-23(2,20-11-16(4-5-22(20)32-3)18-7-9-33-14-18)15-24(31,25(26,27)28)12-19-10-17-6-8-29-13-21(17)30-19/h4-11,13-14,30-31H,12,15H2,1-3H3. The molecule has 0 saturated carbocycles. The van der Waals surface area contributed by atoms with Gasteiger partial charge in [0.15, 0.2) is 5.60 Å². The van der Waals surface area contributed by atoms with Crippen molar-refractivity contribution in [2.45, 2.75) is 43.9 Å². The number of nitrogens with zero attached hydrogens (tertiary/aromatic N) is 1.